The fraction of sp³-hybridized carbons (Fsp3) is 0.519. The summed E-state index contributed by atoms with van der Waals surface area (Å²) in [4.78, 5) is 28.5. The lowest BCUT2D eigenvalue weighted by Crippen LogP contribution is -2.26. The van der Waals surface area contributed by atoms with Gasteiger partial charge in [0.2, 0.25) is 0 Å². The van der Waals surface area contributed by atoms with Crippen molar-refractivity contribution in [1.29, 1.82) is 0 Å². The molecule has 0 fully saturated rings. The molecule has 32 heavy (non-hydrogen) atoms. The third kappa shape index (κ3) is 5.03. The van der Waals surface area contributed by atoms with Crippen LogP contribution < -0.4 is 0 Å². The highest BCUT2D eigenvalue weighted by molar-refractivity contribution is 5.97. The molecule has 5 heteroatoms. The largest absolute Gasteiger partial charge is 0.478 e. The second kappa shape index (κ2) is 9.85. The van der Waals surface area contributed by atoms with Crippen molar-refractivity contribution in [2.75, 3.05) is 0 Å². The van der Waals surface area contributed by atoms with E-state index in [1.54, 1.807) is 0 Å². The summed E-state index contributed by atoms with van der Waals surface area (Å²) in [5.41, 5.74) is 5.20. The zero-order chi connectivity index (χ0) is 23.5. The lowest BCUT2D eigenvalue weighted by atomic mass is 9.70. The average molecular weight is 437 g/mol. The van der Waals surface area contributed by atoms with Crippen LogP contribution in [0.3, 0.4) is 0 Å². The average Bonchev–Trinajstić information content (AvgIpc) is 3.09. The number of aryl methyl sites for hydroxylation is 2. The van der Waals surface area contributed by atoms with Crippen LogP contribution in [0.1, 0.15) is 93.4 Å². The van der Waals surface area contributed by atoms with Gasteiger partial charge in [-0.1, -0.05) is 58.9 Å². The van der Waals surface area contributed by atoms with Crippen LogP contribution in [0.2, 0.25) is 0 Å². The monoisotopic (exact) mass is 436 g/mol. The summed E-state index contributed by atoms with van der Waals surface area (Å²) in [6, 6.07) is 8.16. The first kappa shape index (κ1) is 24.0. The van der Waals surface area contributed by atoms with E-state index in [4.69, 9.17) is 4.98 Å². The Morgan fingerprint density at radius 2 is 1.91 bits per heavy atom. The van der Waals surface area contributed by atoms with Gasteiger partial charge >= 0.3 is 5.97 Å². The Morgan fingerprint density at radius 1 is 1.22 bits per heavy atom. The molecule has 1 heterocycles. The van der Waals surface area contributed by atoms with E-state index in [0.29, 0.717) is 30.2 Å². The van der Waals surface area contributed by atoms with Crippen molar-refractivity contribution in [3.63, 3.8) is 0 Å². The number of carboxylic acid groups (broad SMARTS) is 1. The number of hydrogen-bond acceptors (Lipinski definition) is 3. The highest BCUT2D eigenvalue weighted by Crippen LogP contribution is 2.43. The quantitative estimate of drug-likeness (QED) is 0.520. The van der Waals surface area contributed by atoms with Crippen molar-refractivity contribution in [3.05, 3.63) is 58.2 Å². The molecule has 1 unspecified atom stereocenters. The topological polar surface area (TPSA) is 72.2 Å². The maximum atomic E-state index is 12.0. The SMILES string of the molecule is CCCc1nc(CC)c(C=O)n1Cc1ccc(C2=C(C(=O)O)CC(C(C)(C)C)CC2)cc1. The van der Waals surface area contributed by atoms with Gasteiger partial charge in [-0.3, -0.25) is 4.79 Å². The number of carbonyl (C=O) groups is 2. The fourth-order valence-electron chi connectivity index (χ4n) is 4.76. The van der Waals surface area contributed by atoms with Crippen molar-refractivity contribution < 1.29 is 14.7 Å². The van der Waals surface area contributed by atoms with Gasteiger partial charge in [-0.15, -0.1) is 0 Å². The Labute approximate surface area is 191 Å². The van der Waals surface area contributed by atoms with Crippen molar-refractivity contribution >= 4 is 17.8 Å². The van der Waals surface area contributed by atoms with Crippen molar-refractivity contribution in [2.45, 2.75) is 79.7 Å². The second-order valence-electron chi connectivity index (χ2n) is 9.93. The molecule has 5 nitrogen and oxygen atoms in total. The molecule has 0 radical (unpaired) electrons. The normalized spacial score (nSPS) is 17.0. The number of rotatable bonds is 8. The van der Waals surface area contributed by atoms with E-state index < -0.39 is 5.97 Å². The number of benzene rings is 1. The first-order valence-corrected chi connectivity index (χ1v) is 11.8. The van der Waals surface area contributed by atoms with Gasteiger partial charge in [-0.2, -0.15) is 0 Å². The minimum absolute atomic E-state index is 0.102. The number of imidazole rings is 1. The van der Waals surface area contributed by atoms with Gasteiger partial charge in [0.25, 0.3) is 0 Å². The number of carbonyl (C=O) groups excluding carboxylic acids is 1. The van der Waals surface area contributed by atoms with Gasteiger partial charge in [-0.25, -0.2) is 9.78 Å². The van der Waals surface area contributed by atoms with Crippen molar-refractivity contribution in [3.8, 4) is 0 Å². The Balaban J connectivity index is 1.89. The predicted octanol–water partition coefficient (Wildman–Crippen LogP) is 5.94. The second-order valence-corrected chi connectivity index (χ2v) is 9.93. The first-order chi connectivity index (χ1) is 15.2. The molecule has 0 amide bonds. The Bertz CT molecular complexity index is 1010. The van der Waals surface area contributed by atoms with Crippen LogP contribution in [-0.2, 0) is 24.2 Å². The zero-order valence-electron chi connectivity index (χ0n) is 20.1. The van der Waals surface area contributed by atoms with E-state index in [1.807, 2.05) is 35.8 Å². The Hall–Kier alpha value is -2.69. The molecule has 0 saturated heterocycles. The molecule has 0 spiro atoms. The molecular weight excluding hydrogens is 400 g/mol. The minimum Gasteiger partial charge on any atom is -0.478 e. The zero-order valence-corrected chi connectivity index (χ0v) is 20.1. The van der Waals surface area contributed by atoms with Crippen molar-refractivity contribution in [2.24, 2.45) is 11.3 Å². The van der Waals surface area contributed by atoms with Crippen LogP contribution in [-0.4, -0.2) is 26.9 Å². The van der Waals surface area contributed by atoms with E-state index in [0.717, 1.165) is 66.6 Å². The Morgan fingerprint density at radius 3 is 2.44 bits per heavy atom. The predicted molar refractivity (Wildman–Crippen MR) is 128 cm³/mol. The number of aliphatic carboxylic acids is 1. The van der Waals surface area contributed by atoms with Gasteiger partial charge < -0.3 is 9.67 Å². The molecule has 1 N–H and O–H groups in total. The molecule has 172 valence electrons. The van der Waals surface area contributed by atoms with E-state index >= 15 is 0 Å². The summed E-state index contributed by atoms with van der Waals surface area (Å²) in [5.74, 6) is 0.527. The standard InChI is InChI=1S/C27H36N2O3/c1-6-8-25-28-23(7-2)24(17-30)29(25)16-18-9-11-19(12-10-18)21-14-13-20(27(3,4)5)15-22(21)26(31)32/h9-12,17,20H,6-8,13-16H2,1-5H3,(H,31,32). The Kier molecular flexibility index (Phi) is 7.37. The molecule has 1 aromatic carbocycles. The summed E-state index contributed by atoms with van der Waals surface area (Å²) in [5, 5.41) is 9.87. The van der Waals surface area contributed by atoms with E-state index in [2.05, 4.69) is 27.7 Å². The third-order valence-corrected chi connectivity index (χ3v) is 6.77. The molecule has 3 rings (SSSR count). The summed E-state index contributed by atoms with van der Waals surface area (Å²) in [6.07, 6.45) is 5.88. The maximum Gasteiger partial charge on any atom is 0.331 e. The van der Waals surface area contributed by atoms with E-state index in [1.165, 1.54) is 0 Å². The van der Waals surface area contributed by atoms with Crippen LogP contribution in [0.15, 0.2) is 29.8 Å². The lowest BCUT2D eigenvalue weighted by Gasteiger charge is -2.35. The van der Waals surface area contributed by atoms with Gasteiger partial charge in [-0.05, 0) is 60.1 Å². The molecule has 0 bridgehead atoms. The van der Waals surface area contributed by atoms with Crippen LogP contribution in [0.25, 0.3) is 5.57 Å². The fourth-order valence-corrected chi connectivity index (χ4v) is 4.76. The molecule has 0 saturated carbocycles. The summed E-state index contributed by atoms with van der Waals surface area (Å²) in [6.45, 7) is 11.3. The first-order valence-electron chi connectivity index (χ1n) is 11.8. The van der Waals surface area contributed by atoms with Crippen LogP contribution in [0, 0.1) is 11.3 Å². The molecule has 1 atom stereocenters. The maximum absolute atomic E-state index is 12.0. The van der Waals surface area contributed by atoms with E-state index in [9.17, 15) is 14.7 Å². The lowest BCUT2D eigenvalue weighted by molar-refractivity contribution is -0.133. The minimum atomic E-state index is -0.802. The number of carboxylic acids is 1. The number of aldehydes is 1. The molecule has 1 aliphatic carbocycles. The number of hydrogen-bond donors (Lipinski definition) is 1. The van der Waals surface area contributed by atoms with Gasteiger partial charge in [0.1, 0.15) is 11.5 Å². The van der Waals surface area contributed by atoms with Crippen LogP contribution >= 0.6 is 0 Å². The van der Waals surface area contributed by atoms with E-state index in [-0.39, 0.29) is 5.41 Å². The van der Waals surface area contributed by atoms with Gasteiger partial charge in [0.15, 0.2) is 6.29 Å². The molecule has 1 aromatic heterocycles. The third-order valence-electron chi connectivity index (χ3n) is 6.77. The molecule has 0 aliphatic heterocycles. The summed E-state index contributed by atoms with van der Waals surface area (Å²) < 4.78 is 2.03. The highest BCUT2D eigenvalue weighted by atomic mass is 16.4. The van der Waals surface area contributed by atoms with Gasteiger partial charge in [0, 0.05) is 18.5 Å². The molecule has 2 aromatic rings. The summed E-state index contributed by atoms with van der Waals surface area (Å²) >= 11 is 0. The molecule has 1 aliphatic rings. The highest BCUT2D eigenvalue weighted by Gasteiger charge is 2.32. The number of allylic oxidation sites excluding steroid dienone is 1. The molecular formula is C27H36N2O3. The summed E-state index contributed by atoms with van der Waals surface area (Å²) in [7, 11) is 0. The smallest absolute Gasteiger partial charge is 0.331 e. The van der Waals surface area contributed by atoms with Crippen molar-refractivity contribution in [1.82, 2.24) is 9.55 Å². The number of nitrogens with zero attached hydrogens (tertiary/aromatic N) is 2. The number of aromatic nitrogens is 2. The van der Waals surface area contributed by atoms with Crippen LogP contribution in [0.5, 0.6) is 0 Å². The van der Waals surface area contributed by atoms with Gasteiger partial charge in [0.05, 0.1) is 5.69 Å². The van der Waals surface area contributed by atoms with Crippen LogP contribution in [0.4, 0.5) is 0 Å².